The van der Waals surface area contributed by atoms with Gasteiger partial charge in [0.25, 0.3) is 0 Å². The van der Waals surface area contributed by atoms with Crippen LogP contribution >= 0.6 is 0 Å². The van der Waals surface area contributed by atoms with E-state index in [0.29, 0.717) is 0 Å². The Balaban J connectivity index is 2.30. The number of likely N-dealkylation sites (N-methyl/N-ethyl adjacent to an activating group) is 2. The molecule has 3 nitrogen and oxygen atoms in total. The quantitative estimate of drug-likeness (QED) is 0.612. The third-order valence-corrected chi connectivity index (χ3v) is 2.55. The zero-order chi connectivity index (χ0) is 9.19. The van der Waals surface area contributed by atoms with E-state index in [1.807, 2.05) is 7.05 Å². The van der Waals surface area contributed by atoms with E-state index in [1.54, 1.807) is 0 Å². The zero-order valence-corrected chi connectivity index (χ0v) is 8.17. The highest BCUT2D eigenvalue weighted by atomic mass is 15.2. The molecule has 0 bridgehead atoms. The summed E-state index contributed by atoms with van der Waals surface area (Å²) in [5.74, 6) is 0. The van der Waals surface area contributed by atoms with Crippen molar-refractivity contribution >= 4 is 0 Å². The minimum absolute atomic E-state index is 0.101. The molecule has 0 amide bonds. The summed E-state index contributed by atoms with van der Waals surface area (Å²) >= 11 is 0. The SMILES string of the molecule is CN(C)CCN(C)C1(C#N)CC1. The molecular formula is C9H17N3. The summed E-state index contributed by atoms with van der Waals surface area (Å²) in [5.41, 5.74) is -0.101. The van der Waals surface area contributed by atoms with Crippen molar-refractivity contribution in [2.75, 3.05) is 34.2 Å². The maximum Gasteiger partial charge on any atom is 0.109 e. The van der Waals surface area contributed by atoms with Gasteiger partial charge in [-0.25, -0.2) is 0 Å². The summed E-state index contributed by atoms with van der Waals surface area (Å²) in [5, 5.41) is 8.89. The van der Waals surface area contributed by atoms with Gasteiger partial charge in [0.1, 0.15) is 5.54 Å². The van der Waals surface area contributed by atoms with Gasteiger partial charge in [0.15, 0.2) is 0 Å². The Bertz CT molecular complexity index is 188. The van der Waals surface area contributed by atoms with Crippen molar-refractivity contribution < 1.29 is 0 Å². The summed E-state index contributed by atoms with van der Waals surface area (Å²) in [6, 6.07) is 2.38. The number of rotatable bonds is 4. The van der Waals surface area contributed by atoms with Crippen LogP contribution in [0.4, 0.5) is 0 Å². The average Bonchev–Trinajstić information content (AvgIpc) is 2.80. The van der Waals surface area contributed by atoms with Crippen molar-refractivity contribution in [3.05, 3.63) is 0 Å². The first-order chi connectivity index (χ1) is 5.60. The van der Waals surface area contributed by atoms with Crippen molar-refractivity contribution in [3.63, 3.8) is 0 Å². The molecule has 12 heavy (non-hydrogen) atoms. The Morgan fingerprint density at radius 1 is 1.25 bits per heavy atom. The standard InChI is InChI=1S/C9H17N3/c1-11(2)6-7-12(3)9(8-10)4-5-9/h4-7H2,1-3H3. The molecule has 0 aliphatic heterocycles. The molecule has 0 heterocycles. The van der Waals surface area contributed by atoms with Crippen LogP contribution in [0.2, 0.25) is 0 Å². The second-order valence-corrected chi connectivity index (χ2v) is 3.87. The maximum absolute atomic E-state index is 8.89. The molecule has 1 rings (SSSR count). The third-order valence-electron chi connectivity index (χ3n) is 2.55. The summed E-state index contributed by atoms with van der Waals surface area (Å²) in [6.45, 7) is 2.01. The molecule has 0 saturated heterocycles. The van der Waals surface area contributed by atoms with Crippen LogP contribution in [-0.4, -0.2) is 49.6 Å². The van der Waals surface area contributed by atoms with Crippen molar-refractivity contribution in [1.82, 2.24) is 9.80 Å². The van der Waals surface area contributed by atoms with Crippen LogP contribution in [0.25, 0.3) is 0 Å². The third kappa shape index (κ3) is 1.96. The zero-order valence-electron chi connectivity index (χ0n) is 8.17. The Hall–Kier alpha value is -0.590. The Labute approximate surface area is 74.6 Å². The Morgan fingerprint density at radius 3 is 2.17 bits per heavy atom. The number of nitrogens with zero attached hydrogens (tertiary/aromatic N) is 3. The lowest BCUT2D eigenvalue weighted by molar-refractivity contribution is 0.238. The summed E-state index contributed by atoms with van der Waals surface area (Å²) in [7, 11) is 6.15. The average molecular weight is 167 g/mol. The molecule has 0 atom stereocenters. The topological polar surface area (TPSA) is 30.3 Å². The molecule has 1 fully saturated rings. The van der Waals surface area contributed by atoms with Gasteiger partial charge in [0, 0.05) is 13.1 Å². The van der Waals surface area contributed by atoms with Crippen LogP contribution in [0, 0.1) is 11.3 Å². The molecule has 1 saturated carbocycles. The predicted octanol–water partition coefficient (Wildman–Crippen LogP) is 0.536. The first kappa shape index (κ1) is 9.50. The molecule has 0 aromatic rings. The van der Waals surface area contributed by atoms with E-state index >= 15 is 0 Å². The second kappa shape index (κ2) is 3.42. The molecule has 0 unspecified atom stereocenters. The van der Waals surface area contributed by atoms with Crippen molar-refractivity contribution in [2.45, 2.75) is 18.4 Å². The smallest absolute Gasteiger partial charge is 0.109 e. The molecule has 0 aromatic heterocycles. The van der Waals surface area contributed by atoms with Crippen LogP contribution < -0.4 is 0 Å². The molecule has 0 radical (unpaired) electrons. The molecule has 0 aromatic carbocycles. The molecule has 1 aliphatic rings. The summed E-state index contributed by atoms with van der Waals surface area (Å²) in [4.78, 5) is 4.32. The van der Waals surface area contributed by atoms with Crippen LogP contribution in [0.1, 0.15) is 12.8 Å². The lowest BCUT2D eigenvalue weighted by Crippen LogP contribution is -2.37. The van der Waals surface area contributed by atoms with Crippen LogP contribution in [0.3, 0.4) is 0 Å². The van der Waals surface area contributed by atoms with E-state index in [2.05, 4.69) is 30.0 Å². The molecule has 1 aliphatic carbocycles. The van der Waals surface area contributed by atoms with Gasteiger partial charge >= 0.3 is 0 Å². The van der Waals surface area contributed by atoms with E-state index in [4.69, 9.17) is 5.26 Å². The van der Waals surface area contributed by atoms with Gasteiger partial charge in [-0.2, -0.15) is 5.26 Å². The molecule has 68 valence electrons. The van der Waals surface area contributed by atoms with Gasteiger partial charge in [-0.3, -0.25) is 4.90 Å². The first-order valence-electron chi connectivity index (χ1n) is 4.38. The van der Waals surface area contributed by atoms with Gasteiger partial charge in [-0.15, -0.1) is 0 Å². The van der Waals surface area contributed by atoms with E-state index in [0.717, 1.165) is 25.9 Å². The largest absolute Gasteiger partial charge is 0.308 e. The summed E-state index contributed by atoms with van der Waals surface area (Å²) < 4.78 is 0. The lowest BCUT2D eigenvalue weighted by Gasteiger charge is -2.23. The minimum atomic E-state index is -0.101. The van der Waals surface area contributed by atoms with Crippen LogP contribution in [-0.2, 0) is 0 Å². The highest BCUT2D eigenvalue weighted by Gasteiger charge is 2.46. The van der Waals surface area contributed by atoms with E-state index in [1.165, 1.54) is 0 Å². The number of nitriles is 1. The molecule has 3 heteroatoms. The Morgan fingerprint density at radius 2 is 1.83 bits per heavy atom. The number of hydrogen-bond donors (Lipinski definition) is 0. The minimum Gasteiger partial charge on any atom is -0.308 e. The fourth-order valence-corrected chi connectivity index (χ4v) is 1.26. The monoisotopic (exact) mass is 167 g/mol. The van der Waals surface area contributed by atoms with Gasteiger partial charge in [-0.1, -0.05) is 0 Å². The van der Waals surface area contributed by atoms with Crippen molar-refractivity contribution in [3.8, 4) is 6.07 Å². The highest BCUT2D eigenvalue weighted by Crippen LogP contribution is 2.39. The van der Waals surface area contributed by atoms with Gasteiger partial charge in [0.05, 0.1) is 6.07 Å². The van der Waals surface area contributed by atoms with E-state index < -0.39 is 0 Å². The van der Waals surface area contributed by atoms with E-state index in [9.17, 15) is 0 Å². The van der Waals surface area contributed by atoms with Crippen LogP contribution in [0.15, 0.2) is 0 Å². The predicted molar refractivity (Wildman–Crippen MR) is 48.8 cm³/mol. The summed E-state index contributed by atoms with van der Waals surface area (Å²) in [6.07, 6.45) is 2.10. The fraction of sp³-hybridized carbons (Fsp3) is 0.889. The van der Waals surface area contributed by atoms with Gasteiger partial charge < -0.3 is 4.90 Å². The number of hydrogen-bond acceptors (Lipinski definition) is 3. The molecule has 0 N–H and O–H groups in total. The fourth-order valence-electron chi connectivity index (χ4n) is 1.26. The highest BCUT2D eigenvalue weighted by molar-refractivity contribution is 5.18. The molecular weight excluding hydrogens is 150 g/mol. The lowest BCUT2D eigenvalue weighted by atomic mass is 10.2. The van der Waals surface area contributed by atoms with Crippen molar-refractivity contribution in [1.29, 1.82) is 5.26 Å². The maximum atomic E-state index is 8.89. The molecule has 0 spiro atoms. The van der Waals surface area contributed by atoms with Crippen molar-refractivity contribution in [2.24, 2.45) is 0 Å². The van der Waals surface area contributed by atoms with Crippen LogP contribution in [0.5, 0.6) is 0 Å². The van der Waals surface area contributed by atoms with E-state index in [-0.39, 0.29) is 5.54 Å². The van der Waals surface area contributed by atoms with Gasteiger partial charge in [0.2, 0.25) is 0 Å². The normalized spacial score (nSPS) is 19.7. The Kier molecular flexibility index (Phi) is 2.71. The first-order valence-corrected chi connectivity index (χ1v) is 4.38. The second-order valence-electron chi connectivity index (χ2n) is 3.87. The van der Waals surface area contributed by atoms with Gasteiger partial charge in [-0.05, 0) is 34.0 Å².